The number of carbonyl (C=O) groups is 1. The maximum atomic E-state index is 11.1. The second-order valence-electron chi connectivity index (χ2n) is 3.68. The molecule has 0 bridgehead atoms. The van der Waals surface area contributed by atoms with E-state index < -0.39 is 19.7 Å². The molecule has 0 aromatic heterocycles. The molecule has 0 atom stereocenters. The highest BCUT2D eigenvalue weighted by Crippen LogP contribution is 2.33. The van der Waals surface area contributed by atoms with Crippen LogP contribution in [0.1, 0.15) is 5.56 Å². The number of allylic oxidation sites excluding steroid dienone is 2. The molecular formula is C13H15O5P. The lowest BCUT2D eigenvalue weighted by molar-refractivity contribution is -0.137. The van der Waals surface area contributed by atoms with E-state index in [0.29, 0.717) is 0 Å². The highest BCUT2D eigenvalue weighted by molar-refractivity contribution is 7.51. The Balaban J connectivity index is 2.31. The van der Waals surface area contributed by atoms with Gasteiger partial charge in [-0.25, -0.2) is 4.79 Å². The van der Waals surface area contributed by atoms with Gasteiger partial charge in [-0.1, -0.05) is 48.6 Å². The highest BCUT2D eigenvalue weighted by atomic mass is 31.2. The number of benzene rings is 1. The Hall–Kier alpha value is -1.68. The average molecular weight is 282 g/mol. The van der Waals surface area contributed by atoms with Crippen LogP contribution in [-0.2, 0) is 14.1 Å². The van der Waals surface area contributed by atoms with Crippen molar-refractivity contribution in [2.75, 3.05) is 12.8 Å². The Bertz CT molecular complexity index is 501. The van der Waals surface area contributed by atoms with Crippen molar-refractivity contribution in [1.29, 1.82) is 0 Å². The minimum Gasteiger partial charge on any atom is -0.462 e. The Labute approximate surface area is 111 Å². The molecule has 6 heteroatoms. The van der Waals surface area contributed by atoms with Crippen molar-refractivity contribution in [1.82, 2.24) is 0 Å². The van der Waals surface area contributed by atoms with Crippen molar-refractivity contribution in [2.45, 2.75) is 0 Å². The number of rotatable bonds is 6. The second-order valence-corrected chi connectivity index (χ2v) is 5.46. The zero-order valence-electron chi connectivity index (χ0n) is 10.2. The van der Waals surface area contributed by atoms with Gasteiger partial charge in [-0.05, 0) is 5.56 Å². The first-order valence-electron chi connectivity index (χ1n) is 5.58. The van der Waals surface area contributed by atoms with Gasteiger partial charge in [0.25, 0.3) is 0 Å². The van der Waals surface area contributed by atoms with Crippen molar-refractivity contribution in [3.8, 4) is 0 Å². The van der Waals surface area contributed by atoms with Crippen LogP contribution < -0.4 is 0 Å². The third-order valence-electron chi connectivity index (χ3n) is 2.06. The molecule has 0 saturated carbocycles. The standard InChI is InChI=1S/C13H15O5P/c14-13(18-10-11-19(15,16)17)9-5-4-8-12-6-2-1-3-7-12/h1-9H,10-11H2,(H2,15,16,17)/b8-4+,9-5+. The molecule has 0 fully saturated rings. The van der Waals surface area contributed by atoms with Gasteiger partial charge in [-0.2, -0.15) is 0 Å². The van der Waals surface area contributed by atoms with E-state index in [-0.39, 0.29) is 6.61 Å². The zero-order chi connectivity index (χ0) is 14.1. The summed E-state index contributed by atoms with van der Waals surface area (Å²) in [7, 11) is -4.11. The molecule has 0 spiro atoms. The van der Waals surface area contributed by atoms with E-state index in [1.165, 1.54) is 12.2 Å². The molecule has 102 valence electrons. The molecule has 0 aliphatic carbocycles. The SMILES string of the molecule is O=C(/C=C/C=C/c1ccccc1)OCCP(=O)(O)O. The van der Waals surface area contributed by atoms with E-state index in [9.17, 15) is 9.36 Å². The van der Waals surface area contributed by atoms with Gasteiger partial charge in [-0.15, -0.1) is 0 Å². The van der Waals surface area contributed by atoms with E-state index in [0.717, 1.165) is 5.56 Å². The van der Waals surface area contributed by atoms with Crippen molar-refractivity contribution in [2.24, 2.45) is 0 Å². The summed E-state index contributed by atoms with van der Waals surface area (Å²) in [4.78, 5) is 28.3. The molecule has 0 saturated heterocycles. The normalized spacial score (nSPS) is 12.1. The number of carbonyl (C=O) groups excluding carboxylic acids is 1. The Morgan fingerprint density at radius 1 is 1.21 bits per heavy atom. The smallest absolute Gasteiger partial charge is 0.330 e. The molecule has 0 aliphatic heterocycles. The zero-order valence-corrected chi connectivity index (χ0v) is 11.1. The number of hydrogen-bond acceptors (Lipinski definition) is 3. The summed E-state index contributed by atoms with van der Waals surface area (Å²) in [5.41, 5.74) is 1.00. The van der Waals surface area contributed by atoms with Gasteiger partial charge in [0.05, 0.1) is 6.16 Å². The molecule has 0 heterocycles. The van der Waals surface area contributed by atoms with Crippen LogP contribution >= 0.6 is 7.60 Å². The third kappa shape index (κ3) is 8.11. The average Bonchev–Trinajstić information content (AvgIpc) is 2.34. The molecule has 0 unspecified atom stereocenters. The molecule has 0 radical (unpaired) electrons. The van der Waals surface area contributed by atoms with Crippen LogP contribution in [0.2, 0.25) is 0 Å². The Kier molecular flexibility index (Phi) is 6.22. The molecule has 0 amide bonds. The van der Waals surface area contributed by atoms with Crippen LogP contribution in [0, 0.1) is 0 Å². The van der Waals surface area contributed by atoms with Gasteiger partial charge >= 0.3 is 13.6 Å². The quantitative estimate of drug-likeness (QED) is 0.361. The topological polar surface area (TPSA) is 83.8 Å². The minimum atomic E-state index is -4.11. The van der Waals surface area contributed by atoms with Crippen molar-refractivity contribution in [3.63, 3.8) is 0 Å². The lowest BCUT2D eigenvalue weighted by Gasteiger charge is -2.03. The van der Waals surface area contributed by atoms with E-state index in [1.807, 2.05) is 36.4 Å². The summed E-state index contributed by atoms with van der Waals surface area (Å²) in [6.45, 7) is -0.296. The predicted octanol–water partition coefficient (Wildman–Crippen LogP) is 1.98. The fraction of sp³-hybridized carbons (Fsp3) is 0.154. The highest BCUT2D eigenvalue weighted by Gasteiger charge is 2.12. The van der Waals surface area contributed by atoms with Crippen LogP contribution in [0.3, 0.4) is 0 Å². The van der Waals surface area contributed by atoms with Crippen molar-refractivity contribution in [3.05, 3.63) is 54.1 Å². The summed E-state index contributed by atoms with van der Waals surface area (Å²) in [5, 5.41) is 0. The van der Waals surface area contributed by atoms with Gasteiger partial charge in [0.2, 0.25) is 0 Å². The van der Waals surface area contributed by atoms with Crippen LogP contribution in [0.4, 0.5) is 0 Å². The first kappa shape index (κ1) is 15.4. The Morgan fingerprint density at radius 3 is 2.53 bits per heavy atom. The largest absolute Gasteiger partial charge is 0.462 e. The van der Waals surface area contributed by atoms with E-state index in [2.05, 4.69) is 4.74 Å². The Morgan fingerprint density at radius 2 is 1.89 bits per heavy atom. The molecule has 5 nitrogen and oxygen atoms in total. The molecule has 1 rings (SSSR count). The first-order valence-corrected chi connectivity index (χ1v) is 7.38. The summed E-state index contributed by atoms with van der Waals surface area (Å²) >= 11 is 0. The van der Waals surface area contributed by atoms with Crippen LogP contribution in [0.5, 0.6) is 0 Å². The summed E-state index contributed by atoms with van der Waals surface area (Å²) in [6, 6.07) is 9.55. The molecule has 19 heavy (non-hydrogen) atoms. The number of ether oxygens (including phenoxy) is 1. The summed E-state index contributed by atoms with van der Waals surface area (Å²) in [5.74, 6) is -0.633. The van der Waals surface area contributed by atoms with Crippen LogP contribution in [0.25, 0.3) is 6.08 Å². The minimum absolute atomic E-state index is 0.296. The molecule has 2 N–H and O–H groups in total. The van der Waals surface area contributed by atoms with Gasteiger partial charge < -0.3 is 14.5 Å². The van der Waals surface area contributed by atoms with Gasteiger partial charge in [0.15, 0.2) is 0 Å². The van der Waals surface area contributed by atoms with Crippen LogP contribution in [0.15, 0.2) is 48.6 Å². The fourth-order valence-corrected chi connectivity index (χ4v) is 1.51. The van der Waals surface area contributed by atoms with E-state index in [4.69, 9.17) is 9.79 Å². The molecule has 0 aliphatic rings. The van der Waals surface area contributed by atoms with Gasteiger partial charge in [0, 0.05) is 6.08 Å². The predicted molar refractivity (Wildman–Crippen MR) is 72.5 cm³/mol. The van der Waals surface area contributed by atoms with Crippen LogP contribution in [-0.4, -0.2) is 28.5 Å². The maximum Gasteiger partial charge on any atom is 0.330 e. The molecular weight excluding hydrogens is 267 g/mol. The van der Waals surface area contributed by atoms with Crippen molar-refractivity contribution < 1.29 is 23.9 Å². The van der Waals surface area contributed by atoms with E-state index >= 15 is 0 Å². The number of hydrogen-bond donors (Lipinski definition) is 2. The maximum absolute atomic E-state index is 11.1. The van der Waals surface area contributed by atoms with Gasteiger partial charge in [0.1, 0.15) is 6.61 Å². The third-order valence-corrected chi connectivity index (χ3v) is 2.82. The summed E-state index contributed by atoms with van der Waals surface area (Å²) < 4.78 is 15.1. The fourth-order valence-electron chi connectivity index (χ4n) is 1.18. The lowest BCUT2D eigenvalue weighted by atomic mass is 10.2. The van der Waals surface area contributed by atoms with Gasteiger partial charge in [-0.3, -0.25) is 4.57 Å². The lowest BCUT2D eigenvalue weighted by Crippen LogP contribution is -2.06. The van der Waals surface area contributed by atoms with E-state index in [1.54, 1.807) is 6.08 Å². The second kappa shape index (κ2) is 7.69. The number of esters is 1. The monoisotopic (exact) mass is 282 g/mol. The molecule has 1 aromatic carbocycles. The molecule has 1 aromatic rings. The van der Waals surface area contributed by atoms with Crippen molar-refractivity contribution >= 4 is 19.6 Å². The first-order chi connectivity index (χ1) is 8.97. The summed E-state index contributed by atoms with van der Waals surface area (Å²) in [6.07, 6.45) is 5.73.